The second-order valence-corrected chi connectivity index (χ2v) is 7.72. The van der Waals surface area contributed by atoms with Crippen LogP contribution in [0.3, 0.4) is 0 Å². The van der Waals surface area contributed by atoms with Crippen LogP contribution in [-0.4, -0.2) is 28.9 Å². The normalized spacial score (nSPS) is 16.0. The molecule has 11 heteroatoms. The van der Waals surface area contributed by atoms with Gasteiger partial charge in [-0.3, -0.25) is 29.8 Å². The molecule has 2 heterocycles. The number of carbonyl (C=O) groups excluding carboxylic acids is 4. The number of fused-ring (bicyclic) bond motifs is 1. The lowest BCUT2D eigenvalue weighted by Gasteiger charge is -2.17. The van der Waals surface area contributed by atoms with Gasteiger partial charge in [0, 0.05) is 13.8 Å². The van der Waals surface area contributed by atoms with E-state index in [0.717, 1.165) is 23.5 Å². The number of hydrogen-bond acceptors (Lipinski definition) is 9. The van der Waals surface area contributed by atoms with Crippen molar-refractivity contribution in [3.8, 4) is 11.5 Å². The van der Waals surface area contributed by atoms with E-state index < -0.39 is 23.8 Å². The van der Waals surface area contributed by atoms with Gasteiger partial charge in [0.2, 0.25) is 0 Å². The van der Waals surface area contributed by atoms with E-state index in [-0.39, 0.29) is 22.2 Å². The lowest BCUT2D eigenvalue weighted by atomic mass is 10.2. The van der Waals surface area contributed by atoms with E-state index in [1.165, 1.54) is 26.0 Å². The van der Waals surface area contributed by atoms with Gasteiger partial charge >= 0.3 is 11.9 Å². The van der Waals surface area contributed by atoms with E-state index in [9.17, 15) is 19.2 Å². The standard InChI is InChI=1S/C15H10N2O6S3/c1-5(18)22-7-3-4-8(23-6(2)19)11-10(7)25-14(26-11)9-12(20)16-15(24)17-13(9)21/h3-4H,1-2H3,(H2,16,17,20,21,24). The molecule has 26 heavy (non-hydrogen) atoms. The molecule has 134 valence electrons. The molecule has 1 aromatic rings. The van der Waals surface area contributed by atoms with Gasteiger partial charge in [0.05, 0.1) is 14.0 Å². The molecule has 0 unspecified atom stereocenters. The minimum absolute atomic E-state index is 0.0731. The minimum atomic E-state index is -0.635. The number of esters is 2. The Morgan fingerprint density at radius 1 is 0.923 bits per heavy atom. The van der Waals surface area contributed by atoms with Crippen LogP contribution in [0.4, 0.5) is 0 Å². The number of rotatable bonds is 2. The van der Waals surface area contributed by atoms with Gasteiger partial charge in [-0.2, -0.15) is 0 Å². The quantitative estimate of drug-likeness (QED) is 0.246. The Hall–Kier alpha value is -2.37. The number of thiocarbonyl (C=S) groups is 1. The zero-order valence-electron chi connectivity index (χ0n) is 13.3. The number of carbonyl (C=O) groups is 4. The molecule has 2 aliphatic rings. The average molecular weight is 410 g/mol. The molecule has 0 aliphatic carbocycles. The fourth-order valence-corrected chi connectivity index (χ4v) is 5.00. The van der Waals surface area contributed by atoms with Crippen LogP contribution >= 0.6 is 35.7 Å². The summed E-state index contributed by atoms with van der Waals surface area (Å²) in [5, 5.41) is 4.65. The molecule has 3 rings (SSSR count). The Kier molecular flexibility index (Phi) is 5.03. The Labute approximate surface area is 161 Å². The molecular weight excluding hydrogens is 400 g/mol. The van der Waals surface area contributed by atoms with Gasteiger partial charge in [-0.05, 0) is 24.4 Å². The van der Waals surface area contributed by atoms with E-state index in [1.807, 2.05) is 0 Å². The SMILES string of the molecule is CC(=O)Oc1ccc(OC(C)=O)c2c1SC(=C1C(=O)NC(=S)NC1=O)S2. The van der Waals surface area contributed by atoms with Crippen LogP contribution in [0.5, 0.6) is 11.5 Å². The molecule has 2 aliphatic heterocycles. The number of benzene rings is 1. The zero-order valence-corrected chi connectivity index (χ0v) is 15.8. The summed E-state index contributed by atoms with van der Waals surface area (Å²) in [5.41, 5.74) is -0.118. The molecule has 0 saturated carbocycles. The summed E-state index contributed by atoms with van der Waals surface area (Å²) in [6.07, 6.45) is 0. The van der Waals surface area contributed by atoms with Crippen LogP contribution < -0.4 is 20.1 Å². The first-order chi connectivity index (χ1) is 12.3. The molecule has 0 aromatic heterocycles. The van der Waals surface area contributed by atoms with E-state index >= 15 is 0 Å². The Bertz CT molecular complexity index is 855. The summed E-state index contributed by atoms with van der Waals surface area (Å²) in [5.74, 6) is -1.85. The maximum Gasteiger partial charge on any atom is 0.308 e. The number of nitrogens with one attached hydrogen (secondary N) is 2. The number of hydrogen-bond donors (Lipinski definition) is 2. The van der Waals surface area contributed by atoms with Gasteiger partial charge in [-0.1, -0.05) is 23.5 Å². The highest BCUT2D eigenvalue weighted by molar-refractivity contribution is 8.25. The summed E-state index contributed by atoms with van der Waals surface area (Å²) in [4.78, 5) is 47.9. The van der Waals surface area contributed by atoms with Crippen LogP contribution in [0.15, 0.2) is 31.7 Å². The Morgan fingerprint density at radius 3 is 1.73 bits per heavy atom. The molecule has 1 aromatic carbocycles. The topological polar surface area (TPSA) is 111 Å². The van der Waals surface area contributed by atoms with Crippen molar-refractivity contribution in [2.45, 2.75) is 23.6 Å². The summed E-state index contributed by atoms with van der Waals surface area (Å²) >= 11 is 6.92. The zero-order chi connectivity index (χ0) is 19.0. The highest BCUT2D eigenvalue weighted by Gasteiger charge is 2.36. The lowest BCUT2D eigenvalue weighted by Crippen LogP contribution is -2.51. The second kappa shape index (κ2) is 7.09. The second-order valence-electron chi connectivity index (χ2n) is 5.01. The first-order valence-corrected chi connectivity index (χ1v) is 9.11. The molecule has 0 radical (unpaired) electrons. The largest absolute Gasteiger partial charge is 0.425 e. The van der Waals surface area contributed by atoms with Gasteiger partial charge in [0.25, 0.3) is 11.8 Å². The van der Waals surface area contributed by atoms with Crippen molar-refractivity contribution < 1.29 is 28.7 Å². The monoisotopic (exact) mass is 410 g/mol. The summed E-state index contributed by atoms with van der Waals surface area (Å²) in [7, 11) is 0. The molecule has 8 nitrogen and oxygen atoms in total. The Balaban J connectivity index is 2.07. The maximum absolute atomic E-state index is 12.2. The van der Waals surface area contributed by atoms with Crippen molar-refractivity contribution in [2.75, 3.05) is 0 Å². The van der Waals surface area contributed by atoms with Crippen molar-refractivity contribution in [3.63, 3.8) is 0 Å². The van der Waals surface area contributed by atoms with Crippen molar-refractivity contribution >= 4 is 64.6 Å². The number of ether oxygens (including phenoxy) is 2. The van der Waals surface area contributed by atoms with Gasteiger partial charge in [-0.25, -0.2) is 0 Å². The molecular formula is C15H10N2O6S3. The third-order valence-electron chi connectivity index (χ3n) is 3.05. The third kappa shape index (κ3) is 3.59. The molecule has 2 amide bonds. The van der Waals surface area contributed by atoms with Crippen molar-refractivity contribution in [1.29, 1.82) is 0 Å². The maximum atomic E-state index is 12.2. The van der Waals surface area contributed by atoms with Crippen molar-refractivity contribution in [2.24, 2.45) is 0 Å². The van der Waals surface area contributed by atoms with Crippen molar-refractivity contribution in [1.82, 2.24) is 10.6 Å². The fraction of sp³-hybridized carbons (Fsp3) is 0.133. The van der Waals surface area contributed by atoms with Crippen LogP contribution in [0.1, 0.15) is 13.8 Å². The third-order valence-corrected chi connectivity index (χ3v) is 5.88. The minimum Gasteiger partial charge on any atom is -0.425 e. The summed E-state index contributed by atoms with van der Waals surface area (Å²) < 4.78 is 10.7. The van der Waals surface area contributed by atoms with Crippen LogP contribution in [0.25, 0.3) is 0 Å². The molecule has 1 saturated heterocycles. The molecule has 0 atom stereocenters. The number of amides is 2. The predicted molar refractivity (Wildman–Crippen MR) is 96.7 cm³/mol. The fourth-order valence-electron chi connectivity index (χ4n) is 2.15. The first-order valence-electron chi connectivity index (χ1n) is 7.06. The average Bonchev–Trinajstić information content (AvgIpc) is 2.93. The van der Waals surface area contributed by atoms with E-state index in [0.29, 0.717) is 14.0 Å². The summed E-state index contributed by atoms with van der Waals surface area (Å²) in [6, 6.07) is 2.96. The predicted octanol–water partition coefficient (Wildman–Crippen LogP) is 1.48. The molecule has 2 N–H and O–H groups in total. The van der Waals surface area contributed by atoms with Crippen LogP contribution in [-0.2, 0) is 19.2 Å². The van der Waals surface area contributed by atoms with E-state index in [2.05, 4.69) is 10.6 Å². The van der Waals surface area contributed by atoms with Gasteiger partial charge in [0.15, 0.2) is 5.11 Å². The summed E-state index contributed by atoms with van der Waals surface area (Å²) in [6.45, 7) is 2.50. The first kappa shape index (κ1) is 18.4. The molecule has 0 spiro atoms. The highest BCUT2D eigenvalue weighted by Crippen LogP contribution is 2.59. The Morgan fingerprint density at radius 2 is 1.35 bits per heavy atom. The molecule has 1 fully saturated rings. The molecule has 0 bridgehead atoms. The highest BCUT2D eigenvalue weighted by atomic mass is 32.2. The number of thioether (sulfide) groups is 2. The van der Waals surface area contributed by atoms with Gasteiger partial charge in [-0.15, -0.1) is 0 Å². The smallest absolute Gasteiger partial charge is 0.308 e. The van der Waals surface area contributed by atoms with Gasteiger partial charge in [0.1, 0.15) is 17.1 Å². The van der Waals surface area contributed by atoms with Gasteiger partial charge < -0.3 is 9.47 Å². The van der Waals surface area contributed by atoms with Crippen molar-refractivity contribution in [3.05, 3.63) is 21.9 Å². The van der Waals surface area contributed by atoms with E-state index in [1.54, 1.807) is 0 Å². The lowest BCUT2D eigenvalue weighted by molar-refractivity contribution is -0.133. The van der Waals surface area contributed by atoms with Crippen LogP contribution in [0.2, 0.25) is 0 Å². The van der Waals surface area contributed by atoms with Crippen LogP contribution in [0, 0.1) is 0 Å². The van der Waals surface area contributed by atoms with E-state index in [4.69, 9.17) is 21.7 Å².